The summed E-state index contributed by atoms with van der Waals surface area (Å²) in [6.07, 6.45) is 3.48. The molecule has 0 unspecified atom stereocenters. The van der Waals surface area contributed by atoms with Crippen molar-refractivity contribution in [3.05, 3.63) is 29.8 Å². The molecule has 0 heterocycles. The molecule has 0 atom stereocenters. The van der Waals surface area contributed by atoms with Crippen molar-refractivity contribution in [2.24, 2.45) is 5.73 Å². The molecule has 0 aliphatic rings. The molecule has 0 saturated heterocycles. The Labute approximate surface area is 116 Å². The van der Waals surface area contributed by atoms with Crippen molar-refractivity contribution in [3.8, 4) is 0 Å². The predicted octanol–water partition coefficient (Wildman–Crippen LogP) is 2.21. The second kappa shape index (κ2) is 8.67. The highest BCUT2D eigenvalue weighted by Gasteiger charge is 2.06. The third kappa shape index (κ3) is 6.36. The molecular formula is C15H25N3O. The number of para-hydroxylation sites is 1. The van der Waals surface area contributed by atoms with Crippen LogP contribution in [-0.2, 0) is 11.3 Å². The minimum Gasteiger partial charge on any atom is -0.330 e. The lowest BCUT2D eigenvalue weighted by molar-refractivity contribution is -0.116. The van der Waals surface area contributed by atoms with E-state index in [2.05, 4.69) is 10.2 Å². The summed E-state index contributed by atoms with van der Waals surface area (Å²) in [4.78, 5) is 13.9. The monoisotopic (exact) mass is 263 g/mol. The van der Waals surface area contributed by atoms with Gasteiger partial charge in [-0.2, -0.15) is 0 Å². The molecule has 0 fully saturated rings. The van der Waals surface area contributed by atoms with Crippen LogP contribution in [0.4, 0.5) is 5.69 Å². The van der Waals surface area contributed by atoms with Crippen molar-refractivity contribution < 1.29 is 4.79 Å². The average Bonchev–Trinajstić information content (AvgIpc) is 2.36. The van der Waals surface area contributed by atoms with Gasteiger partial charge in [0.1, 0.15) is 0 Å². The van der Waals surface area contributed by atoms with Crippen LogP contribution in [0.2, 0.25) is 0 Å². The topological polar surface area (TPSA) is 58.4 Å². The van der Waals surface area contributed by atoms with E-state index in [0.717, 1.165) is 37.1 Å². The first kappa shape index (κ1) is 15.7. The Bertz CT molecular complexity index is 391. The Morgan fingerprint density at radius 2 is 1.95 bits per heavy atom. The molecule has 0 spiro atoms. The molecule has 1 aromatic carbocycles. The summed E-state index contributed by atoms with van der Waals surface area (Å²) in [7, 11) is 4.04. The maximum Gasteiger partial charge on any atom is 0.224 e. The van der Waals surface area contributed by atoms with Gasteiger partial charge < -0.3 is 16.0 Å². The molecule has 0 saturated carbocycles. The second-order valence-electron chi connectivity index (χ2n) is 5.04. The summed E-state index contributed by atoms with van der Waals surface area (Å²) in [5.74, 6) is 0.0863. The van der Waals surface area contributed by atoms with Gasteiger partial charge in [0.2, 0.25) is 5.91 Å². The van der Waals surface area contributed by atoms with E-state index in [1.807, 2.05) is 38.4 Å². The van der Waals surface area contributed by atoms with E-state index in [-0.39, 0.29) is 5.91 Å². The predicted molar refractivity (Wildman–Crippen MR) is 80.0 cm³/mol. The number of anilines is 1. The molecule has 3 N–H and O–H groups in total. The maximum atomic E-state index is 11.9. The first-order chi connectivity index (χ1) is 9.13. The van der Waals surface area contributed by atoms with Crippen molar-refractivity contribution in [1.29, 1.82) is 0 Å². The standard InChI is InChI=1S/C15H25N3O/c1-18(2)12-13-8-5-6-9-14(13)17-15(19)10-4-3-7-11-16/h5-6,8-9H,3-4,7,10-12,16H2,1-2H3,(H,17,19). The van der Waals surface area contributed by atoms with Crippen LogP contribution in [0.5, 0.6) is 0 Å². The number of nitrogens with two attached hydrogens (primary N) is 1. The third-order valence-electron chi connectivity index (χ3n) is 2.89. The van der Waals surface area contributed by atoms with E-state index in [1.54, 1.807) is 0 Å². The average molecular weight is 263 g/mol. The van der Waals surface area contributed by atoms with E-state index in [1.165, 1.54) is 0 Å². The highest BCUT2D eigenvalue weighted by Crippen LogP contribution is 2.17. The highest BCUT2D eigenvalue weighted by atomic mass is 16.1. The lowest BCUT2D eigenvalue weighted by Gasteiger charge is -2.14. The van der Waals surface area contributed by atoms with Crippen LogP contribution >= 0.6 is 0 Å². The molecular weight excluding hydrogens is 238 g/mol. The molecule has 106 valence electrons. The van der Waals surface area contributed by atoms with Gasteiger partial charge >= 0.3 is 0 Å². The number of hydrogen-bond acceptors (Lipinski definition) is 3. The zero-order chi connectivity index (χ0) is 14.1. The number of nitrogens with zero attached hydrogens (tertiary/aromatic N) is 1. The maximum absolute atomic E-state index is 11.9. The summed E-state index contributed by atoms with van der Waals surface area (Å²) in [5, 5.41) is 3.00. The smallest absolute Gasteiger partial charge is 0.224 e. The van der Waals surface area contributed by atoms with Crippen LogP contribution in [0.3, 0.4) is 0 Å². The molecule has 0 bridgehead atoms. The van der Waals surface area contributed by atoms with Gasteiger partial charge in [-0.25, -0.2) is 0 Å². The van der Waals surface area contributed by atoms with E-state index in [4.69, 9.17) is 5.73 Å². The first-order valence-corrected chi connectivity index (χ1v) is 6.86. The number of carbonyl (C=O) groups is 1. The molecule has 0 aromatic heterocycles. The fraction of sp³-hybridized carbons (Fsp3) is 0.533. The van der Waals surface area contributed by atoms with Gasteiger partial charge in [0.25, 0.3) is 0 Å². The Morgan fingerprint density at radius 3 is 2.63 bits per heavy atom. The Balaban J connectivity index is 2.49. The van der Waals surface area contributed by atoms with E-state index in [9.17, 15) is 4.79 Å². The Morgan fingerprint density at radius 1 is 1.21 bits per heavy atom. The molecule has 4 heteroatoms. The van der Waals surface area contributed by atoms with Gasteiger partial charge in [0, 0.05) is 18.7 Å². The minimum atomic E-state index is 0.0863. The zero-order valence-corrected chi connectivity index (χ0v) is 12.0. The summed E-state index contributed by atoms with van der Waals surface area (Å²) < 4.78 is 0. The summed E-state index contributed by atoms with van der Waals surface area (Å²) in [6.45, 7) is 1.52. The second-order valence-corrected chi connectivity index (χ2v) is 5.04. The molecule has 0 radical (unpaired) electrons. The minimum absolute atomic E-state index is 0.0863. The van der Waals surface area contributed by atoms with Crippen molar-refractivity contribution in [3.63, 3.8) is 0 Å². The van der Waals surface area contributed by atoms with Crippen LogP contribution < -0.4 is 11.1 Å². The van der Waals surface area contributed by atoms with Crippen LogP contribution in [-0.4, -0.2) is 31.4 Å². The van der Waals surface area contributed by atoms with Gasteiger partial charge in [-0.15, -0.1) is 0 Å². The molecule has 19 heavy (non-hydrogen) atoms. The molecule has 1 aromatic rings. The Hall–Kier alpha value is -1.39. The molecule has 4 nitrogen and oxygen atoms in total. The quantitative estimate of drug-likeness (QED) is 0.707. The van der Waals surface area contributed by atoms with Crippen molar-refractivity contribution in [2.45, 2.75) is 32.2 Å². The number of nitrogens with one attached hydrogen (secondary N) is 1. The first-order valence-electron chi connectivity index (χ1n) is 6.86. The number of hydrogen-bond donors (Lipinski definition) is 2. The van der Waals surface area contributed by atoms with Gasteiger partial charge in [0.15, 0.2) is 0 Å². The normalized spacial score (nSPS) is 10.7. The molecule has 0 aliphatic heterocycles. The highest BCUT2D eigenvalue weighted by molar-refractivity contribution is 5.91. The Kier molecular flexibility index (Phi) is 7.15. The number of unbranched alkanes of at least 4 members (excludes halogenated alkanes) is 2. The SMILES string of the molecule is CN(C)Cc1ccccc1NC(=O)CCCCCN. The summed E-state index contributed by atoms with van der Waals surface area (Å²) in [5.41, 5.74) is 7.49. The molecule has 1 rings (SSSR count). The lowest BCUT2D eigenvalue weighted by Crippen LogP contribution is -2.16. The van der Waals surface area contributed by atoms with Gasteiger partial charge in [-0.05, 0) is 45.1 Å². The summed E-state index contributed by atoms with van der Waals surface area (Å²) in [6, 6.07) is 7.94. The van der Waals surface area contributed by atoms with Gasteiger partial charge in [-0.3, -0.25) is 4.79 Å². The third-order valence-corrected chi connectivity index (χ3v) is 2.89. The van der Waals surface area contributed by atoms with E-state index < -0.39 is 0 Å². The van der Waals surface area contributed by atoms with Crippen molar-refractivity contribution in [2.75, 3.05) is 26.0 Å². The zero-order valence-electron chi connectivity index (χ0n) is 12.0. The van der Waals surface area contributed by atoms with Crippen molar-refractivity contribution in [1.82, 2.24) is 4.90 Å². The summed E-state index contributed by atoms with van der Waals surface area (Å²) >= 11 is 0. The number of rotatable bonds is 8. The van der Waals surface area contributed by atoms with Crippen LogP contribution in [0.1, 0.15) is 31.2 Å². The van der Waals surface area contributed by atoms with E-state index in [0.29, 0.717) is 13.0 Å². The lowest BCUT2D eigenvalue weighted by atomic mass is 10.1. The van der Waals surface area contributed by atoms with Gasteiger partial charge in [-0.1, -0.05) is 24.6 Å². The van der Waals surface area contributed by atoms with Crippen LogP contribution in [0.15, 0.2) is 24.3 Å². The number of amides is 1. The fourth-order valence-electron chi connectivity index (χ4n) is 1.94. The van der Waals surface area contributed by atoms with Crippen LogP contribution in [0.25, 0.3) is 0 Å². The fourth-order valence-corrected chi connectivity index (χ4v) is 1.94. The van der Waals surface area contributed by atoms with Gasteiger partial charge in [0.05, 0.1) is 0 Å². The largest absolute Gasteiger partial charge is 0.330 e. The number of carbonyl (C=O) groups excluding carboxylic acids is 1. The molecule has 1 amide bonds. The van der Waals surface area contributed by atoms with Crippen LogP contribution in [0, 0.1) is 0 Å². The molecule has 0 aliphatic carbocycles. The van der Waals surface area contributed by atoms with Crippen molar-refractivity contribution >= 4 is 11.6 Å². The van der Waals surface area contributed by atoms with E-state index >= 15 is 0 Å². The number of benzene rings is 1.